The van der Waals surface area contributed by atoms with Gasteiger partial charge in [0.1, 0.15) is 12.4 Å². The number of nitrogens with zero attached hydrogens (tertiary/aromatic N) is 5. The Morgan fingerprint density at radius 3 is 2.55 bits per heavy atom. The number of imidazole rings is 1. The van der Waals surface area contributed by atoms with Gasteiger partial charge in [-0.15, -0.1) is 0 Å². The number of hydrogen-bond acceptors (Lipinski definition) is 6. The Hall–Kier alpha value is -3.52. The predicted molar refractivity (Wildman–Crippen MR) is 175 cm³/mol. The molecular formula is C36H40ClN5O2. The first-order valence-electron chi connectivity index (χ1n) is 15.8. The summed E-state index contributed by atoms with van der Waals surface area (Å²) in [6.45, 7) is 11.8. The first-order chi connectivity index (χ1) is 21.3. The molecule has 0 N–H and O–H groups in total. The molecule has 2 aliphatic heterocycles. The van der Waals surface area contributed by atoms with Crippen LogP contribution in [0.5, 0.6) is 5.88 Å². The minimum Gasteiger partial charge on any atom is -0.473 e. The standard InChI is InChI=1S/C36H40ClN5O2/c1-36(2,3)27-7-9-32-33(19-27)42(21-29-13-16-43-29)34(39-32)22-41-14-11-25(12-15-41)31-5-4-6-35(40-31)44-23-24-17-26-18-28(37)8-10-30(26)38-20-24/h4-10,17-20,25,29H,11-16,21-23H2,1-3H3. The van der Waals surface area contributed by atoms with Crippen molar-refractivity contribution in [3.63, 3.8) is 0 Å². The topological polar surface area (TPSA) is 65.3 Å². The van der Waals surface area contributed by atoms with Gasteiger partial charge in [0.05, 0.1) is 35.7 Å². The maximum absolute atomic E-state index is 6.17. The lowest BCUT2D eigenvalue weighted by Crippen LogP contribution is -2.35. The zero-order valence-electron chi connectivity index (χ0n) is 25.8. The van der Waals surface area contributed by atoms with Crippen molar-refractivity contribution in [2.75, 3.05) is 19.7 Å². The Kier molecular flexibility index (Phi) is 8.04. The Balaban J connectivity index is 1.00. The highest BCUT2D eigenvalue weighted by molar-refractivity contribution is 6.31. The molecule has 0 saturated carbocycles. The molecule has 5 heterocycles. The maximum Gasteiger partial charge on any atom is 0.213 e. The van der Waals surface area contributed by atoms with Crippen LogP contribution in [-0.2, 0) is 29.8 Å². The molecule has 8 heteroatoms. The molecule has 0 amide bonds. The largest absolute Gasteiger partial charge is 0.473 e. The van der Waals surface area contributed by atoms with Crippen LogP contribution in [0, 0.1) is 0 Å². The van der Waals surface area contributed by atoms with Gasteiger partial charge in [-0.2, -0.15) is 0 Å². The molecule has 0 bridgehead atoms. The highest BCUT2D eigenvalue weighted by Crippen LogP contribution is 2.31. The van der Waals surface area contributed by atoms with Crippen molar-refractivity contribution in [1.29, 1.82) is 0 Å². The molecule has 44 heavy (non-hydrogen) atoms. The number of fused-ring (bicyclic) bond motifs is 2. The van der Waals surface area contributed by atoms with Gasteiger partial charge < -0.3 is 14.0 Å². The van der Waals surface area contributed by atoms with E-state index in [1.807, 2.05) is 30.5 Å². The van der Waals surface area contributed by atoms with E-state index in [9.17, 15) is 0 Å². The Bertz CT molecular complexity index is 1780. The molecule has 2 aromatic carbocycles. The Labute approximate surface area is 264 Å². The van der Waals surface area contributed by atoms with Crippen LogP contribution in [0.25, 0.3) is 21.9 Å². The van der Waals surface area contributed by atoms with Crippen LogP contribution in [0.1, 0.15) is 68.6 Å². The van der Waals surface area contributed by atoms with E-state index in [4.69, 9.17) is 31.0 Å². The normalized spacial score (nSPS) is 18.1. The first-order valence-corrected chi connectivity index (χ1v) is 16.1. The SMILES string of the molecule is CC(C)(C)c1ccc2nc(CN3CCC(c4cccc(OCc5cnc6ccc(Cl)cc6c5)n4)CC3)n(CC3CCO3)c2c1. The van der Waals surface area contributed by atoms with Crippen LogP contribution in [0.2, 0.25) is 5.02 Å². The fourth-order valence-corrected chi connectivity index (χ4v) is 6.49. The average Bonchev–Trinajstić information content (AvgIpc) is 3.33. The predicted octanol–water partition coefficient (Wildman–Crippen LogP) is 7.68. The summed E-state index contributed by atoms with van der Waals surface area (Å²) in [7, 11) is 0. The fourth-order valence-electron chi connectivity index (χ4n) is 6.31. The molecule has 228 valence electrons. The number of piperidine rings is 1. The molecule has 7 nitrogen and oxygen atoms in total. The molecule has 5 aromatic rings. The highest BCUT2D eigenvalue weighted by atomic mass is 35.5. The molecule has 0 spiro atoms. The summed E-state index contributed by atoms with van der Waals surface area (Å²) in [5.74, 6) is 2.20. The van der Waals surface area contributed by atoms with Crippen molar-refractivity contribution in [3.8, 4) is 5.88 Å². The van der Waals surface area contributed by atoms with Gasteiger partial charge in [0.15, 0.2) is 0 Å². The summed E-state index contributed by atoms with van der Waals surface area (Å²) in [4.78, 5) is 17.1. The lowest BCUT2D eigenvalue weighted by atomic mass is 9.87. The first kappa shape index (κ1) is 29.2. The smallest absolute Gasteiger partial charge is 0.213 e. The minimum atomic E-state index is 0.0944. The zero-order chi connectivity index (χ0) is 30.3. The van der Waals surface area contributed by atoms with Gasteiger partial charge in [0.2, 0.25) is 5.88 Å². The summed E-state index contributed by atoms with van der Waals surface area (Å²) in [5.41, 5.74) is 6.75. The number of aromatic nitrogens is 4. The van der Waals surface area contributed by atoms with Gasteiger partial charge >= 0.3 is 0 Å². The number of halogens is 1. The highest BCUT2D eigenvalue weighted by Gasteiger charge is 2.26. The van der Waals surface area contributed by atoms with Crippen LogP contribution >= 0.6 is 11.6 Å². The second-order valence-electron chi connectivity index (χ2n) is 13.3. The lowest BCUT2D eigenvalue weighted by molar-refractivity contribution is -0.0592. The fraction of sp³-hybridized carbons (Fsp3) is 0.417. The van der Waals surface area contributed by atoms with E-state index in [0.717, 1.165) is 85.5 Å². The van der Waals surface area contributed by atoms with Crippen molar-refractivity contribution < 1.29 is 9.47 Å². The third-order valence-electron chi connectivity index (χ3n) is 9.08. The van der Waals surface area contributed by atoms with Crippen LogP contribution in [0.4, 0.5) is 0 Å². The van der Waals surface area contributed by atoms with Crippen LogP contribution in [0.3, 0.4) is 0 Å². The second kappa shape index (κ2) is 12.1. The second-order valence-corrected chi connectivity index (χ2v) is 13.7. The summed E-state index contributed by atoms with van der Waals surface area (Å²) in [5, 5.41) is 1.71. The molecule has 2 fully saturated rings. The zero-order valence-corrected chi connectivity index (χ0v) is 26.6. The van der Waals surface area contributed by atoms with Gasteiger partial charge in [-0.3, -0.25) is 9.88 Å². The van der Waals surface area contributed by atoms with Gasteiger partial charge in [-0.25, -0.2) is 9.97 Å². The number of pyridine rings is 2. The van der Waals surface area contributed by atoms with Crippen molar-refractivity contribution in [3.05, 3.63) is 94.5 Å². The summed E-state index contributed by atoms with van der Waals surface area (Å²) < 4.78 is 14.4. The summed E-state index contributed by atoms with van der Waals surface area (Å²) >= 11 is 6.17. The van der Waals surface area contributed by atoms with Gasteiger partial charge in [-0.1, -0.05) is 44.5 Å². The molecular weight excluding hydrogens is 570 g/mol. The molecule has 2 aliphatic rings. The van der Waals surface area contributed by atoms with Crippen molar-refractivity contribution in [2.24, 2.45) is 0 Å². The monoisotopic (exact) mass is 609 g/mol. The molecule has 7 rings (SSSR count). The van der Waals surface area contributed by atoms with Gasteiger partial charge in [-0.05, 0) is 85.8 Å². The number of rotatable bonds is 8. The van der Waals surface area contributed by atoms with E-state index >= 15 is 0 Å². The van der Waals surface area contributed by atoms with E-state index < -0.39 is 0 Å². The summed E-state index contributed by atoms with van der Waals surface area (Å²) in [6.07, 6.45) is 5.38. The van der Waals surface area contributed by atoms with Crippen LogP contribution < -0.4 is 4.74 Å². The molecule has 1 unspecified atom stereocenters. The van der Waals surface area contributed by atoms with Crippen molar-refractivity contribution in [2.45, 2.75) is 77.2 Å². The van der Waals surface area contributed by atoms with E-state index in [1.54, 1.807) is 0 Å². The minimum absolute atomic E-state index is 0.0944. The molecule has 1 atom stereocenters. The third-order valence-corrected chi connectivity index (χ3v) is 9.31. The quantitative estimate of drug-likeness (QED) is 0.180. The number of benzene rings is 2. The van der Waals surface area contributed by atoms with Crippen LogP contribution in [-0.4, -0.2) is 50.2 Å². The molecule has 0 aliphatic carbocycles. The lowest BCUT2D eigenvalue weighted by Gasteiger charge is -2.32. The number of likely N-dealkylation sites (tertiary alicyclic amines) is 1. The molecule has 2 saturated heterocycles. The Morgan fingerprint density at radius 1 is 0.955 bits per heavy atom. The molecule has 3 aromatic heterocycles. The average molecular weight is 610 g/mol. The number of ether oxygens (including phenoxy) is 2. The van der Waals surface area contributed by atoms with E-state index in [1.165, 1.54) is 11.1 Å². The molecule has 0 radical (unpaired) electrons. The number of hydrogen-bond donors (Lipinski definition) is 0. The van der Waals surface area contributed by atoms with E-state index in [2.05, 4.69) is 71.6 Å². The Morgan fingerprint density at radius 2 is 1.77 bits per heavy atom. The van der Waals surface area contributed by atoms with Crippen molar-refractivity contribution in [1.82, 2.24) is 24.4 Å². The van der Waals surface area contributed by atoms with Gasteiger partial charge in [0, 0.05) is 46.5 Å². The van der Waals surface area contributed by atoms with E-state index in [0.29, 0.717) is 23.4 Å². The van der Waals surface area contributed by atoms with Crippen molar-refractivity contribution >= 4 is 33.5 Å². The van der Waals surface area contributed by atoms with Crippen LogP contribution in [0.15, 0.2) is 66.9 Å². The summed E-state index contributed by atoms with van der Waals surface area (Å²) in [6, 6.07) is 20.7. The third kappa shape index (κ3) is 6.32. The van der Waals surface area contributed by atoms with Gasteiger partial charge in [0.25, 0.3) is 0 Å². The van der Waals surface area contributed by atoms with E-state index in [-0.39, 0.29) is 11.5 Å². The maximum atomic E-state index is 6.17.